The van der Waals surface area contributed by atoms with Crippen LogP contribution in [0.5, 0.6) is 0 Å². The number of aromatic nitrogens is 1. The first-order valence-corrected chi connectivity index (χ1v) is 6.73. The van der Waals surface area contributed by atoms with Gasteiger partial charge in [0, 0.05) is 18.3 Å². The lowest BCUT2D eigenvalue weighted by atomic mass is 9.93. The van der Waals surface area contributed by atoms with Crippen molar-refractivity contribution in [3.8, 4) is 0 Å². The molecule has 2 heterocycles. The summed E-state index contributed by atoms with van der Waals surface area (Å²) in [6.07, 6.45) is 3.66. The van der Waals surface area contributed by atoms with E-state index in [4.69, 9.17) is 11.6 Å². The van der Waals surface area contributed by atoms with Crippen molar-refractivity contribution in [2.45, 2.75) is 25.8 Å². The molecule has 1 aliphatic rings. The van der Waals surface area contributed by atoms with Crippen LogP contribution < -0.4 is 10.6 Å². The summed E-state index contributed by atoms with van der Waals surface area (Å²) in [6, 6.07) is 1.45. The summed E-state index contributed by atoms with van der Waals surface area (Å²) in [5, 5.41) is 17.7. The lowest BCUT2D eigenvalue weighted by Gasteiger charge is -2.29. The van der Waals surface area contributed by atoms with Crippen molar-refractivity contribution >= 4 is 23.1 Å². The van der Waals surface area contributed by atoms with E-state index in [0.29, 0.717) is 5.92 Å². The van der Waals surface area contributed by atoms with Crippen molar-refractivity contribution < 1.29 is 4.92 Å². The Morgan fingerprint density at radius 3 is 3.11 bits per heavy atom. The molecule has 1 aromatic rings. The topological polar surface area (TPSA) is 80.1 Å². The fourth-order valence-electron chi connectivity index (χ4n) is 2.32. The lowest BCUT2D eigenvalue weighted by molar-refractivity contribution is -0.384. The normalized spacial score (nSPS) is 20.8. The molecule has 0 aromatic carbocycles. The largest absolute Gasteiger partial charge is 0.362 e. The summed E-state index contributed by atoms with van der Waals surface area (Å²) in [6.45, 7) is 4.00. The number of rotatable bonds is 4. The monoisotopic (exact) mass is 284 g/mol. The second-order valence-electron chi connectivity index (χ2n) is 4.82. The van der Waals surface area contributed by atoms with E-state index in [-0.39, 0.29) is 22.6 Å². The van der Waals surface area contributed by atoms with Crippen LogP contribution in [0, 0.1) is 16.0 Å². The molecule has 2 rings (SSSR count). The number of anilines is 1. The molecule has 19 heavy (non-hydrogen) atoms. The zero-order chi connectivity index (χ0) is 13.8. The van der Waals surface area contributed by atoms with E-state index in [0.717, 1.165) is 25.9 Å². The van der Waals surface area contributed by atoms with Gasteiger partial charge in [0.1, 0.15) is 0 Å². The smallest absolute Gasteiger partial charge is 0.312 e. The van der Waals surface area contributed by atoms with E-state index in [1.165, 1.54) is 12.3 Å². The third kappa shape index (κ3) is 3.54. The first-order valence-electron chi connectivity index (χ1n) is 6.35. The van der Waals surface area contributed by atoms with Crippen LogP contribution in [0.25, 0.3) is 0 Å². The SMILES string of the molecule is CC(Nc1ncc(Cl)cc1[N+](=O)[O-])C1CCCNC1. The summed E-state index contributed by atoms with van der Waals surface area (Å²) < 4.78 is 0. The predicted octanol–water partition coefficient (Wildman–Crippen LogP) is 2.44. The number of piperidine rings is 1. The molecule has 0 amide bonds. The standard InChI is InChI=1S/C12H17ClN4O2/c1-8(9-3-2-4-14-6-9)16-12-11(17(18)19)5-10(13)7-15-12/h5,7-9,14H,2-4,6H2,1H3,(H,15,16). The van der Waals surface area contributed by atoms with Gasteiger partial charge < -0.3 is 10.6 Å². The first-order chi connectivity index (χ1) is 9.08. The molecule has 1 fully saturated rings. The molecule has 1 aromatic heterocycles. The Bertz CT molecular complexity index is 463. The Morgan fingerprint density at radius 2 is 2.47 bits per heavy atom. The number of hydrogen-bond donors (Lipinski definition) is 2. The van der Waals surface area contributed by atoms with E-state index >= 15 is 0 Å². The van der Waals surface area contributed by atoms with Crippen LogP contribution in [-0.4, -0.2) is 29.0 Å². The van der Waals surface area contributed by atoms with Crippen LogP contribution in [0.2, 0.25) is 5.02 Å². The van der Waals surface area contributed by atoms with Crippen LogP contribution in [0.15, 0.2) is 12.3 Å². The maximum atomic E-state index is 11.0. The average molecular weight is 285 g/mol. The van der Waals surface area contributed by atoms with Crippen LogP contribution >= 0.6 is 11.6 Å². The van der Waals surface area contributed by atoms with Gasteiger partial charge in [-0.05, 0) is 38.8 Å². The van der Waals surface area contributed by atoms with Crippen LogP contribution in [-0.2, 0) is 0 Å². The van der Waals surface area contributed by atoms with E-state index < -0.39 is 4.92 Å². The fraction of sp³-hybridized carbons (Fsp3) is 0.583. The summed E-state index contributed by atoms with van der Waals surface area (Å²) >= 11 is 5.74. The summed E-state index contributed by atoms with van der Waals surface area (Å²) in [7, 11) is 0. The molecule has 0 bridgehead atoms. The van der Waals surface area contributed by atoms with E-state index in [1.807, 2.05) is 6.92 Å². The van der Waals surface area contributed by atoms with Gasteiger partial charge in [-0.15, -0.1) is 0 Å². The molecule has 1 aliphatic heterocycles. The quantitative estimate of drug-likeness (QED) is 0.656. The minimum absolute atomic E-state index is 0.0804. The third-order valence-electron chi connectivity index (χ3n) is 3.44. The number of nitrogens with zero attached hydrogens (tertiary/aromatic N) is 2. The van der Waals surface area contributed by atoms with Gasteiger partial charge in [-0.1, -0.05) is 11.6 Å². The average Bonchev–Trinajstić information content (AvgIpc) is 2.41. The molecule has 0 radical (unpaired) electrons. The summed E-state index contributed by atoms with van der Waals surface area (Å²) in [5.74, 6) is 0.735. The molecule has 1 saturated heterocycles. The molecule has 104 valence electrons. The highest BCUT2D eigenvalue weighted by atomic mass is 35.5. The van der Waals surface area contributed by atoms with Gasteiger partial charge in [-0.2, -0.15) is 0 Å². The number of nitro groups is 1. The number of halogens is 1. The van der Waals surface area contributed by atoms with E-state index in [1.54, 1.807) is 0 Å². The van der Waals surface area contributed by atoms with E-state index in [2.05, 4.69) is 15.6 Å². The Balaban J connectivity index is 2.11. The molecule has 6 nitrogen and oxygen atoms in total. The van der Waals surface area contributed by atoms with Crippen molar-refractivity contribution in [1.29, 1.82) is 0 Å². The molecule has 2 unspecified atom stereocenters. The van der Waals surface area contributed by atoms with Gasteiger partial charge in [-0.3, -0.25) is 10.1 Å². The molecule has 0 aliphatic carbocycles. The zero-order valence-corrected chi connectivity index (χ0v) is 11.5. The zero-order valence-electron chi connectivity index (χ0n) is 10.7. The Kier molecular flexibility index (Phi) is 4.55. The van der Waals surface area contributed by atoms with Gasteiger partial charge >= 0.3 is 5.69 Å². The molecular weight excluding hydrogens is 268 g/mol. The summed E-state index contributed by atoms with van der Waals surface area (Å²) in [4.78, 5) is 14.6. The van der Waals surface area contributed by atoms with Crippen LogP contribution in [0.3, 0.4) is 0 Å². The Hall–Kier alpha value is -1.40. The molecule has 2 atom stereocenters. The predicted molar refractivity (Wildman–Crippen MR) is 74.6 cm³/mol. The lowest BCUT2D eigenvalue weighted by Crippen LogP contribution is -2.39. The Labute approximate surface area is 116 Å². The van der Waals surface area contributed by atoms with Crippen molar-refractivity contribution in [1.82, 2.24) is 10.3 Å². The van der Waals surface area contributed by atoms with Gasteiger partial charge in [0.2, 0.25) is 5.82 Å². The van der Waals surface area contributed by atoms with Crippen LogP contribution in [0.4, 0.5) is 11.5 Å². The van der Waals surface area contributed by atoms with Crippen molar-refractivity contribution in [3.63, 3.8) is 0 Å². The maximum Gasteiger partial charge on any atom is 0.312 e. The molecule has 2 N–H and O–H groups in total. The highest BCUT2D eigenvalue weighted by molar-refractivity contribution is 6.30. The Morgan fingerprint density at radius 1 is 1.68 bits per heavy atom. The van der Waals surface area contributed by atoms with Crippen LogP contribution in [0.1, 0.15) is 19.8 Å². The van der Waals surface area contributed by atoms with Gasteiger partial charge in [0.15, 0.2) is 0 Å². The fourth-order valence-corrected chi connectivity index (χ4v) is 2.47. The van der Waals surface area contributed by atoms with Crippen molar-refractivity contribution in [2.24, 2.45) is 5.92 Å². The van der Waals surface area contributed by atoms with Crippen molar-refractivity contribution in [3.05, 3.63) is 27.4 Å². The molecule has 0 saturated carbocycles. The third-order valence-corrected chi connectivity index (χ3v) is 3.64. The number of hydrogen-bond acceptors (Lipinski definition) is 5. The van der Waals surface area contributed by atoms with Gasteiger partial charge in [-0.25, -0.2) is 4.98 Å². The van der Waals surface area contributed by atoms with Gasteiger partial charge in [0.05, 0.1) is 9.95 Å². The maximum absolute atomic E-state index is 11.0. The number of pyridine rings is 1. The molecule has 7 heteroatoms. The summed E-state index contributed by atoms with van der Waals surface area (Å²) in [5.41, 5.74) is -0.0804. The van der Waals surface area contributed by atoms with Gasteiger partial charge in [0.25, 0.3) is 0 Å². The second kappa shape index (κ2) is 6.16. The minimum atomic E-state index is -0.465. The second-order valence-corrected chi connectivity index (χ2v) is 5.25. The van der Waals surface area contributed by atoms with Crippen molar-refractivity contribution in [2.75, 3.05) is 18.4 Å². The molecule has 0 spiro atoms. The molecular formula is C12H17ClN4O2. The highest BCUT2D eigenvalue weighted by Crippen LogP contribution is 2.27. The minimum Gasteiger partial charge on any atom is -0.362 e. The number of nitrogens with one attached hydrogen (secondary N) is 2. The van der Waals surface area contributed by atoms with E-state index in [9.17, 15) is 10.1 Å². The first kappa shape index (κ1) is 14.0. The highest BCUT2D eigenvalue weighted by Gasteiger charge is 2.23.